The van der Waals surface area contributed by atoms with Crippen molar-refractivity contribution in [2.75, 3.05) is 5.75 Å². The van der Waals surface area contributed by atoms with Gasteiger partial charge >= 0.3 is 11.9 Å². The van der Waals surface area contributed by atoms with E-state index in [-0.39, 0.29) is 36.5 Å². The van der Waals surface area contributed by atoms with Gasteiger partial charge in [-0.3, -0.25) is 28.8 Å². The average Bonchev–Trinajstić information content (AvgIpc) is 3.61. The molecule has 0 aliphatic heterocycles. The highest BCUT2D eigenvalue weighted by Crippen LogP contribution is 2.20. The van der Waals surface area contributed by atoms with E-state index >= 15 is 0 Å². The molecule has 0 saturated heterocycles. The third-order valence-corrected chi connectivity index (χ3v) is 9.71. The molecule has 0 radical (unpaired) electrons. The molecular formula is C40H47N7O12S. The Balaban J connectivity index is 1.52. The highest BCUT2D eigenvalue weighted by atomic mass is 32.1. The number of H-pyrrole nitrogens is 1. The summed E-state index contributed by atoms with van der Waals surface area (Å²) in [5, 5.41) is 61.6. The number of hydrogen-bond donors (Lipinski definition) is 13. The maximum Gasteiger partial charge on any atom is 0.326 e. The van der Waals surface area contributed by atoms with Gasteiger partial charge in [-0.05, 0) is 60.4 Å². The number of aromatic nitrogens is 1. The lowest BCUT2D eigenvalue weighted by Gasteiger charge is -2.27. The molecule has 3 aromatic carbocycles. The van der Waals surface area contributed by atoms with Gasteiger partial charge in [0, 0.05) is 35.7 Å². The number of rotatable bonds is 21. The van der Waals surface area contributed by atoms with Crippen LogP contribution in [0.15, 0.2) is 79.0 Å². The van der Waals surface area contributed by atoms with Crippen LogP contribution in [0, 0.1) is 0 Å². The third-order valence-electron chi connectivity index (χ3n) is 9.34. The van der Waals surface area contributed by atoms with Gasteiger partial charge in [-0.25, -0.2) is 4.79 Å². The largest absolute Gasteiger partial charge is 0.508 e. The summed E-state index contributed by atoms with van der Waals surface area (Å²) in [5.41, 5.74) is 8.31. The highest BCUT2D eigenvalue weighted by molar-refractivity contribution is 7.80. The Labute approximate surface area is 348 Å². The topological polar surface area (TPSA) is 323 Å². The van der Waals surface area contributed by atoms with Crippen molar-refractivity contribution in [3.05, 3.63) is 95.7 Å². The summed E-state index contributed by atoms with van der Waals surface area (Å²) < 4.78 is 0. The average molecular weight is 850 g/mol. The Bertz CT molecular complexity index is 2160. The number of carboxylic acid groups (broad SMARTS) is 2. The van der Waals surface area contributed by atoms with E-state index in [1.807, 2.05) is 0 Å². The van der Waals surface area contributed by atoms with Crippen LogP contribution in [-0.4, -0.2) is 120 Å². The van der Waals surface area contributed by atoms with E-state index in [2.05, 4.69) is 44.2 Å². The third kappa shape index (κ3) is 13.2. The van der Waals surface area contributed by atoms with Crippen LogP contribution < -0.4 is 32.3 Å². The second kappa shape index (κ2) is 21.4. The molecule has 0 bridgehead atoms. The van der Waals surface area contributed by atoms with Gasteiger partial charge in [-0.1, -0.05) is 42.5 Å². The van der Waals surface area contributed by atoms with Gasteiger partial charge in [0.1, 0.15) is 41.7 Å². The van der Waals surface area contributed by atoms with E-state index in [0.29, 0.717) is 27.6 Å². The van der Waals surface area contributed by atoms with Gasteiger partial charge in [-0.2, -0.15) is 12.6 Å². The standard InChI is InChI=1S/C40H47N7O12S/c1-20(48)34(39(57)46-32(19-60)38(56)45-31(40(58)59)15-22-8-12-25(50)13-9-22)47-37(55)29(16-23-18-42-28-5-3-2-4-26(23)28)44-36(54)30(17-33(51)52)43-35(53)27(41)14-21-6-10-24(49)11-7-21/h2-13,18,20,27,29-32,34,42,48-50,60H,14-17,19,41H2,1H3,(H,43,53)(H,44,54)(H,45,56)(H,46,57)(H,47,55)(H,51,52)(H,58,59)/t20-,27+,29+,30+,31+,32+,34+/m1/s1. The summed E-state index contributed by atoms with van der Waals surface area (Å²) in [6, 6.07) is 9.30. The maximum atomic E-state index is 14.0. The number of fused-ring (bicyclic) bond motifs is 1. The normalized spacial score (nSPS) is 14.6. The number of nitrogens with two attached hydrogens (primary N) is 1. The van der Waals surface area contributed by atoms with Crippen LogP contribution in [0.1, 0.15) is 30.0 Å². The van der Waals surface area contributed by atoms with E-state index in [4.69, 9.17) is 5.73 Å². The molecule has 4 aromatic rings. The molecule has 0 aliphatic carbocycles. The zero-order valence-corrected chi connectivity index (χ0v) is 33.1. The number of hydrogen-bond acceptors (Lipinski definition) is 12. The zero-order chi connectivity index (χ0) is 44.1. The van der Waals surface area contributed by atoms with Gasteiger partial charge in [0.05, 0.1) is 18.6 Å². The number of carbonyl (C=O) groups excluding carboxylic acids is 5. The van der Waals surface area contributed by atoms with Crippen LogP contribution in [-0.2, 0) is 52.8 Å². The number of nitrogens with one attached hydrogen (secondary N) is 6. The van der Waals surface area contributed by atoms with E-state index in [1.165, 1.54) is 55.5 Å². The van der Waals surface area contributed by atoms with Crippen LogP contribution >= 0.6 is 12.6 Å². The van der Waals surface area contributed by atoms with Crippen molar-refractivity contribution in [3.8, 4) is 11.5 Å². The first-order valence-electron chi connectivity index (χ1n) is 18.6. The van der Waals surface area contributed by atoms with Crippen LogP contribution in [0.4, 0.5) is 0 Å². The summed E-state index contributed by atoms with van der Waals surface area (Å²) in [6.45, 7) is 1.17. The molecule has 320 valence electrons. The number of carbonyl (C=O) groups is 7. The zero-order valence-electron chi connectivity index (χ0n) is 32.2. The molecule has 19 nitrogen and oxygen atoms in total. The van der Waals surface area contributed by atoms with Crippen molar-refractivity contribution in [1.29, 1.82) is 0 Å². The van der Waals surface area contributed by atoms with E-state index in [9.17, 15) is 59.1 Å². The molecule has 60 heavy (non-hydrogen) atoms. The monoisotopic (exact) mass is 849 g/mol. The van der Waals surface area contributed by atoms with Crippen molar-refractivity contribution in [2.45, 2.75) is 75.0 Å². The number of aliphatic carboxylic acids is 2. The first-order valence-corrected chi connectivity index (χ1v) is 19.2. The van der Waals surface area contributed by atoms with E-state index < -0.39 is 90.3 Å². The molecule has 0 unspecified atom stereocenters. The minimum Gasteiger partial charge on any atom is -0.508 e. The molecule has 5 amide bonds. The lowest BCUT2D eigenvalue weighted by Crippen LogP contribution is -2.62. The fourth-order valence-corrected chi connectivity index (χ4v) is 6.36. The number of phenolic OH excluding ortho intramolecular Hbond substituents is 2. The molecule has 1 heterocycles. The Kier molecular flexibility index (Phi) is 16.4. The van der Waals surface area contributed by atoms with Crippen molar-refractivity contribution >= 4 is 65.0 Å². The van der Waals surface area contributed by atoms with Gasteiger partial charge in [-0.15, -0.1) is 0 Å². The number of aliphatic hydroxyl groups excluding tert-OH is 1. The minimum absolute atomic E-state index is 0.0132. The smallest absolute Gasteiger partial charge is 0.326 e. The van der Waals surface area contributed by atoms with Gasteiger partial charge in [0.25, 0.3) is 0 Å². The Morgan fingerprint density at radius 2 is 1.17 bits per heavy atom. The van der Waals surface area contributed by atoms with Gasteiger partial charge in [0.2, 0.25) is 29.5 Å². The summed E-state index contributed by atoms with van der Waals surface area (Å²) >= 11 is 4.12. The predicted octanol–water partition coefficient (Wildman–Crippen LogP) is -0.772. The number of aliphatic hydroxyl groups is 1. The number of phenols is 2. The summed E-state index contributed by atoms with van der Waals surface area (Å²) in [6.07, 6.45) is -1.36. The van der Waals surface area contributed by atoms with Crippen LogP contribution in [0.3, 0.4) is 0 Å². The number of amides is 5. The minimum atomic E-state index is -1.75. The molecular weight excluding hydrogens is 803 g/mol. The number of aromatic amines is 1. The number of aromatic hydroxyl groups is 2. The lowest BCUT2D eigenvalue weighted by atomic mass is 10.0. The van der Waals surface area contributed by atoms with Gasteiger partial charge in [0.15, 0.2) is 0 Å². The Morgan fingerprint density at radius 1 is 0.650 bits per heavy atom. The molecule has 20 heteroatoms. The SMILES string of the molecule is C[C@@H](O)[C@H](NC(=O)[C@H](Cc1c[nH]c2ccccc12)NC(=O)[C@H](CC(=O)O)NC(=O)[C@@H](N)Cc1ccc(O)cc1)C(=O)N[C@@H](CS)C(=O)N[C@@H](Cc1ccc(O)cc1)C(=O)O. The van der Waals surface area contributed by atoms with Crippen molar-refractivity contribution in [1.82, 2.24) is 31.6 Å². The first kappa shape index (κ1) is 46.1. The van der Waals surface area contributed by atoms with Crippen molar-refractivity contribution in [2.24, 2.45) is 5.73 Å². The number of carboxylic acids is 2. The van der Waals surface area contributed by atoms with Crippen LogP contribution in [0.5, 0.6) is 11.5 Å². The van der Waals surface area contributed by atoms with E-state index in [1.54, 1.807) is 30.5 Å². The molecule has 1 aromatic heterocycles. The van der Waals surface area contributed by atoms with E-state index in [0.717, 1.165) is 0 Å². The molecule has 4 rings (SSSR count). The summed E-state index contributed by atoms with van der Waals surface area (Å²) in [5.74, 6) is -8.27. The maximum absolute atomic E-state index is 14.0. The van der Waals surface area contributed by atoms with Gasteiger partial charge < -0.3 is 62.8 Å². The molecule has 0 spiro atoms. The van der Waals surface area contributed by atoms with Crippen molar-refractivity contribution < 1.29 is 59.1 Å². The number of para-hydroxylation sites is 1. The predicted molar refractivity (Wildman–Crippen MR) is 219 cm³/mol. The second-order valence-corrected chi connectivity index (χ2v) is 14.4. The first-order chi connectivity index (χ1) is 28.4. The number of thiol groups is 1. The molecule has 0 saturated carbocycles. The molecule has 7 atom stereocenters. The fraction of sp³-hybridized carbons (Fsp3) is 0.325. The van der Waals surface area contributed by atoms with Crippen molar-refractivity contribution in [3.63, 3.8) is 0 Å². The number of benzene rings is 3. The van der Waals surface area contributed by atoms with Crippen LogP contribution in [0.25, 0.3) is 10.9 Å². The van der Waals surface area contributed by atoms with Crippen LogP contribution in [0.2, 0.25) is 0 Å². The quantitative estimate of drug-likeness (QED) is 0.0459. The summed E-state index contributed by atoms with van der Waals surface area (Å²) in [4.78, 5) is 94.5. The summed E-state index contributed by atoms with van der Waals surface area (Å²) in [7, 11) is 0. The molecule has 0 fully saturated rings. The lowest BCUT2D eigenvalue weighted by molar-refractivity contribution is -0.142. The molecule has 13 N–H and O–H groups in total. The molecule has 0 aliphatic rings. The fourth-order valence-electron chi connectivity index (χ4n) is 6.10. The Hall–Kier alpha value is -6.64. The Morgan fingerprint density at radius 3 is 1.73 bits per heavy atom. The second-order valence-electron chi connectivity index (χ2n) is 14.0. The highest BCUT2D eigenvalue weighted by Gasteiger charge is 2.35.